The van der Waals surface area contributed by atoms with Crippen LogP contribution in [0.25, 0.3) is 34.6 Å². The molecule has 0 amide bonds. The summed E-state index contributed by atoms with van der Waals surface area (Å²) in [6, 6.07) is 13.3. The number of hydrogen-bond donors (Lipinski definition) is 1. The summed E-state index contributed by atoms with van der Waals surface area (Å²) >= 11 is 0. The normalized spacial score (nSPS) is 11.5. The lowest BCUT2D eigenvalue weighted by Gasteiger charge is -2.04. The zero-order chi connectivity index (χ0) is 19.0. The van der Waals surface area contributed by atoms with E-state index in [1.807, 2.05) is 37.3 Å². The second kappa shape index (κ2) is 6.53. The summed E-state index contributed by atoms with van der Waals surface area (Å²) in [6.07, 6.45) is 3.64. The molecule has 2 aromatic carbocycles. The van der Waals surface area contributed by atoms with E-state index in [0.717, 1.165) is 5.56 Å². The number of fused-ring (bicyclic) bond motifs is 1. The number of nitrogens with one attached hydrogen (secondary N) is 1. The predicted molar refractivity (Wildman–Crippen MR) is 103 cm³/mol. The lowest BCUT2D eigenvalue weighted by atomic mass is 10.1. The van der Waals surface area contributed by atoms with Gasteiger partial charge in [-0.05, 0) is 36.8 Å². The molecule has 0 radical (unpaired) electrons. The van der Waals surface area contributed by atoms with Gasteiger partial charge in [0.2, 0.25) is 5.82 Å². The highest BCUT2D eigenvalue weighted by molar-refractivity contribution is 5.80. The van der Waals surface area contributed by atoms with E-state index in [9.17, 15) is 9.59 Å². The molecular weight excluding hydrogens is 344 g/mol. The Balaban J connectivity index is 1.66. The van der Waals surface area contributed by atoms with Gasteiger partial charge in [0.1, 0.15) is 0 Å². The van der Waals surface area contributed by atoms with Crippen LogP contribution >= 0.6 is 0 Å². The molecule has 134 valence electrons. The molecule has 0 aliphatic carbocycles. The molecule has 0 saturated heterocycles. The minimum Gasteiger partial charge on any atom is -0.334 e. The van der Waals surface area contributed by atoms with Gasteiger partial charge in [-0.15, -0.1) is 0 Å². The monoisotopic (exact) mass is 360 g/mol. The third-order valence-electron chi connectivity index (χ3n) is 4.30. The maximum absolute atomic E-state index is 11.7. The van der Waals surface area contributed by atoms with E-state index in [2.05, 4.69) is 15.1 Å². The first-order valence-electron chi connectivity index (χ1n) is 8.33. The van der Waals surface area contributed by atoms with Gasteiger partial charge in [0.15, 0.2) is 0 Å². The number of hydrogen-bond acceptors (Lipinski definition) is 5. The Labute approximate surface area is 153 Å². The van der Waals surface area contributed by atoms with Crippen molar-refractivity contribution >= 4 is 23.2 Å². The van der Waals surface area contributed by atoms with Crippen molar-refractivity contribution in [3.05, 3.63) is 80.2 Å². The van der Waals surface area contributed by atoms with Crippen LogP contribution in [0.5, 0.6) is 0 Å². The maximum atomic E-state index is 11.7. The van der Waals surface area contributed by atoms with E-state index in [0.29, 0.717) is 28.3 Å². The highest BCUT2D eigenvalue weighted by Gasteiger charge is 2.10. The van der Waals surface area contributed by atoms with Crippen molar-refractivity contribution in [1.82, 2.24) is 19.7 Å². The molecule has 0 fully saturated rings. The van der Waals surface area contributed by atoms with Crippen molar-refractivity contribution in [2.24, 2.45) is 7.05 Å². The first-order valence-corrected chi connectivity index (χ1v) is 8.33. The van der Waals surface area contributed by atoms with Crippen LogP contribution in [-0.2, 0) is 7.05 Å². The van der Waals surface area contributed by atoms with Crippen LogP contribution in [0.4, 0.5) is 0 Å². The Bertz CT molecular complexity index is 1280. The first kappa shape index (κ1) is 16.7. The summed E-state index contributed by atoms with van der Waals surface area (Å²) in [6.45, 7) is 2.03. The van der Waals surface area contributed by atoms with Gasteiger partial charge < -0.3 is 14.1 Å². The van der Waals surface area contributed by atoms with E-state index in [1.54, 1.807) is 31.3 Å². The van der Waals surface area contributed by atoms with E-state index < -0.39 is 11.1 Å². The Morgan fingerprint density at radius 3 is 2.63 bits per heavy atom. The molecule has 0 aliphatic rings. The van der Waals surface area contributed by atoms with E-state index in [4.69, 9.17) is 4.52 Å². The summed E-state index contributed by atoms with van der Waals surface area (Å²) in [7, 11) is 1.56. The predicted octanol–water partition coefficient (Wildman–Crippen LogP) is 2.76. The summed E-state index contributed by atoms with van der Waals surface area (Å²) < 4.78 is 6.58. The number of nitrogens with zero attached hydrogens (tertiary/aromatic N) is 3. The van der Waals surface area contributed by atoms with Crippen molar-refractivity contribution < 1.29 is 4.52 Å². The number of H-pyrrole nitrogens is 1. The molecule has 0 atom stereocenters. The molecule has 1 N–H and O–H groups in total. The fourth-order valence-electron chi connectivity index (χ4n) is 2.77. The second-order valence-corrected chi connectivity index (χ2v) is 6.25. The zero-order valence-corrected chi connectivity index (χ0v) is 14.8. The van der Waals surface area contributed by atoms with E-state index >= 15 is 0 Å². The SMILES string of the molecule is Cc1ccc(/C=C/c2nc(-c3ccc4c(c3)[nH]c(=O)c(=O)n4C)no2)cc1. The Hall–Kier alpha value is -3.74. The van der Waals surface area contributed by atoms with Crippen LogP contribution < -0.4 is 11.1 Å². The molecule has 27 heavy (non-hydrogen) atoms. The molecule has 0 saturated carbocycles. The standard InChI is InChI=1S/C20H16N4O3/c1-12-3-5-13(6-4-12)7-10-17-22-18(23-27-17)14-8-9-16-15(11-14)21-19(25)20(26)24(16)2/h3-11H,1-2H3,(H,21,25)/b10-7+. The van der Waals surface area contributed by atoms with E-state index in [-0.39, 0.29) is 0 Å². The van der Waals surface area contributed by atoms with Crippen LogP contribution in [0.1, 0.15) is 17.0 Å². The van der Waals surface area contributed by atoms with Gasteiger partial charge in [0, 0.05) is 18.7 Å². The highest BCUT2D eigenvalue weighted by atomic mass is 16.5. The minimum atomic E-state index is -0.669. The molecule has 2 heterocycles. The van der Waals surface area contributed by atoms with Crippen molar-refractivity contribution in [2.75, 3.05) is 0 Å². The molecule has 0 spiro atoms. The third-order valence-corrected chi connectivity index (χ3v) is 4.30. The number of aromatic amines is 1. The second-order valence-electron chi connectivity index (χ2n) is 6.25. The lowest BCUT2D eigenvalue weighted by molar-refractivity contribution is 0.411. The molecule has 7 heteroatoms. The molecule has 0 bridgehead atoms. The van der Waals surface area contributed by atoms with Crippen LogP contribution in [0.2, 0.25) is 0 Å². The van der Waals surface area contributed by atoms with Crippen molar-refractivity contribution in [3.8, 4) is 11.4 Å². The van der Waals surface area contributed by atoms with Gasteiger partial charge in [-0.3, -0.25) is 9.59 Å². The smallest absolute Gasteiger partial charge is 0.316 e. The maximum Gasteiger partial charge on any atom is 0.316 e. The summed E-state index contributed by atoms with van der Waals surface area (Å²) in [5.41, 5.74) is 2.78. The number of aryl methyl sites for hydroxylation is 2. The van der Waals surface area contributed by atoms with Crippen molar-refractivity contribution in [2.45, 2.75) is 6.92 Å². The highest BCUT2D eigenvalue weighted by Crippen LogP contribution is 2.20. The lowest BCUT2D eigenvalue weighted by Crippen LogP contribution is -2.34. The minimum absolute atomic E-state index is 0.375. The largest absolute Gasteiger partial charge is 0.334 e. The molecule has 2 aromatic heterocycles. The number of rotatable bonds is 3. The molecule has 0 unspecified atom stereocenters. The molecule has 4 rings (SSSR count). The zero-order valence-electron chi connectivity index (χ0n) is 14.8. The van der Waals surface area contributed by atoms with Gasteiger partial charge in [0.25, 0.3) is 5.89 Å². The summed E-state index contributed by atoms with van der Waals surface area (Å²) in [5.74, 6) is 0.773. The quantitative estimate of drug-likeness (QED) is 0.567. The Morgan fingerprint density at radius 2 is 1.85 bits per heavy atom. The number of aromatic nitrogens is 4. The van der Waals surface area contributed by atoms with Gasteiger partial charge in [-0.25, -0.2) is 0 Å². The fourth-order valence-corrected chi connectivity index (χ4v) is 2.77. The van der Waals surface area contributed by atoms with Crippen molar-refractivity contribution in [3.63, 3.8) is 0 Å². The van der Waals surface area contributed by atoms with Crippen molar-refractivity contribution in [1.29, 1.82) is 0 Å². The molecule has 0 aliphatic heterocycles. The Morgan fingerprint density at radius 1 is 1.07 bits per heavy atom. The molecule has 7 nitrogen and oxygen atoms in total. The molecule has 4 aromatic rings. The third kappa shape index (κ3) is 3.22. The Kier molecular flexibility index (Phi) is 4.04. The van der Waals surface area contributed by atoms with Crippen LogP contribution in [0, 0.1) is 6.92 Å². The van der Waals surface area contributed by atoms with Crippen LogP contribution in [0.3, 0.4) is 0 Å². The van der Waals surface area contributed by atoms with Crippen LogP contribution in [-0.4, -0.2) is 19.7 Å². The topological polar surface area (TPSA) is 93.8 Å². The average molecular weight is 360 g/mol. The van der Waals surface area contributed by atoms with E-state index in [1.165, 1.54) is 10.1 Å². The van der Waals surface area contributed by atoms with Gasteiger partial charge in [0.05, 0.1) is 11.0 Å². The van der Waals surface area contributed by atoms with Gasteiger partial charge in [-0.2, -0.15) is 4.98 Å². The van der Waals surface area contributed by atoms with Crippen LogP contribution in [0.15, 0.2) is 56.6 Å². The summed E-state index contributed by atoms with van der Waals surface area (Å²) in [5, 5.41) is 3.98. The first-order chi connectivity index (χ1) is 13.0. The molecular formula is C20H16N4O3. The average Bonchev–Trinajstić information content (AvgIpc) is 3.14. The summed E-state index contributed by atoms with van der Waals surface area (Å²) in [4.78, 5) is 30.4. The van der Waals surface area contributed by atoms with Gasteiger partial charge >= 0.3 is 11.1 Å². The number of benzene rings is 2. The fraction of sp³-hybridized carbons (Fsp3) is 0.100. The van der Waals surface area contributed by atoms with Gasteiger partial charge in [-0.1, -0.05) is 35.0 Å².